The van der Waals surface area contributed by atoms with Gasteiger partial charge in [0.15, 0.2) is 0 Å². The molecule has 150 valence electrons. The number of likely N-dealkylation sites (N-methyl/N-ethyl adjacent to an activating group) is 1. The van der Waals surface area contributed by atoms with Crippen LogP contribution in [-0.4, -0.2) is 64.5 Å². The van der Waals surface area contributed by atoms with E-state index in [0.717, 1.165) is 12.0 Å². The van der Waals surface area contributed by atoms with Crippen LogP contribution in [0.15, 0.2) is 28.8 Å². The fraction of sp³-hybridized carbons (Fsp3) is 0.500. The minimum absolute atomic E-state index is 0.0409. The van der Waals surface area contributed by atoms with E-state index in [1.807, 2.05) is 41.0 Å². The minimum Gasteiger partial charge on any atom is -0.496 e. The van der Waals surface area contributed by atoms with Crippen LogP contribution in [0.25, 0.3) is 11.4 Å². The van der Waals surface area contributed by atoms with Gasteiger partial charge in [0.1, 0.15) is 5.75 Å². The molecular formula is C20H26N4O4. The Balaban J connectivity index is 1.56. The van der Waals surface area contributed by atoms with E-state index in [0.29, 0.717) is 49.9 Å². The smallest absolute Gasteiger partial charge is 0.227 e. The van der Waals surface area contributed by atoms with Gasteiger partial charge in [-0.05, 0) is 25.5 Å². The number of ether oxygens (including phenoxy) is 1. The van der Waals surface area contributed by atoms with Crippen molar-refractivity contribution in [3.8, 4) is 17.1 Å². The van der Waals surface area contributed by atoms with Crippen molar-refractivity contribution in [2.45, 2.75) is 39.2 Å². The molecule has 1 atom stereocenters. The van der Waals surface area contributed by atoms with Gasteiger partial charge in [0.05, 0.1) is 18.7 Å². The summed E-state index contributed by atoms with van der Waals surface area (Å²) in [7, 11) is 1.59. The first-order valence-corrected chi connectivity index (χ1v) is 9.54. The maximum absolute atomic E-state index is 12.5. The lowest BCUT2D eigenvalue weighted by molar-refractivity contribution is -0.133. The Morgan fingerprint density at radius 3 is 2.86 bits per heavy atom. The van der Waals surface area contributed by atoms with Crippen molar-refractivity contribution in [2.75, 3.05) is 26.7 Å². The second-order valence-corrected chi connectivity index (χ2v) is 6.80. The van der Waals surface area contributed by atoms with Gasteiger partial charge in [-0.1, -0.05) is 17.3 Å². The summed E-state index contributed by atoms with van der Waals surface area (Å²) in [5.41, 5.74) is 0.748. The fourth-order valence-corrected chi connectivity index (χ4v) is 3.63. The molecule has 0 radical (unpaired) electrons. The van der Waals surface area contributed by atoms with Crippen LogP contribution >= 0.6 is 0 Å². The maximum atomic E-state index is 12.5. The lowest BCUT2D eigenvalue weighted by Gasteiger charge is -2.26. The zero-order chi connectivity index (χ0) is 20.1. The highest BCUT2D eigenvalue weighted by molar-refractivity contribution is 5.77. The van der Waals surface area contributed by atoms with Crippen LogP contribution in [0, 0.1) is 0 Å². The molecule has 1 aromatic carbocycles. The summed E-state index contributed by atoms with van der Waals surface area (Å²) in [6, 6.07) is 7.54. The zero-order valence-corrected chi connectivity index (χ0v) is 16.6. The van der Waals surface area contributed by atoms with Crippen molar-refractivity contribution in [2.24, 2.45) is 0 Å². The molecule has 1 fully saturated rings. The number of amides is 2. The molecule has 1 unspecified atom stereocenters. The highest BCUT2D eigenvalue weighted by Crippen LogP contribution is 2.27. The first-order valence-electron chi connectivity index (χ1n) is 9.54. The normalized spacial score (nSPS) is 16.2. The van der Waals surface area contributed by atoms with Crippen LogP contribution < -0.4 is 4.74 Å². The highest BCUT2D eigenvalue weighted by Gasteiger charge is 2.30. The summed E-state index contributed by atoms with van der Waals surface area (Å²) in [6.45, 7) is 5.45. The predicted octanol–water partition coefficient (Wildman–Crippen LogP) is 2.15. The molecule has 0 spiro atoms. The summed E-state index contributed by atoms with van der Waals surface area (Å²) in [5, 5.41) is 4.00. The number of aromatic nitrogens is 2. The number of aryl methyl sites for hydroxylation is 1. The Morgan fingerprint density at radius 1 is 1.36 bits per heavy atom. The second-order valence-electron chi connectivity index (χ2n) is 6.80. The number of carbonyl (C=O) groups excluding carboxylic acids is 2. The van der Waals surface area contributed by atoms with Crippen LogP contribution in [0.2, 0.25) is 0 Å². The Hall–Kier alpha value is -2.90. The van der Waals surface area contributed by atoms with E-state index < -0.39 is 0 Å². The number of para-hydroxylation sites is 1. The number of hydrogen-bond donors (Lipinski definition) is 0. The summed E-state index contributed by atoms with van der Waals surface area (Å²) in [5.74, 6) is 1.63. The van der Waals surface area contributed by atoms with Gasteiger partial charge in [0, 0.05) is 39.4 Å². The van der Waals surface area contributed by atoms with Crippen LogP contribution in [-0.2, 0) is 16.0 Å². The van der Waals surface area contributed by atoms with Crippen molar-refractivity contribution in [3.63, 3.8) is 0 Å². The Kier molecular flexibility index (Phi) is 6.28. The Labute approximate surface area is 164 Å². The SMILES string of the molecule is CCN(C(C)=O)C1CCN(C(=O)CCc2nc(-c3ccccc3OC)no2)C1. The molecular weight excluding hydrogens is 360 g/mol. The first-order chi connectivity index (χ1) is 13.5. The van der Waals surface area contributed by atoms with Gasteiger partial charge >= 0.3 is 0 Å². The third-order valence-corrected chi connectivity index (χ3v) is 5.07. The van der Waals surface area contributed by atoms with E-state index in [4.69, 9.17) is 9.26 Å². The number of hydrogen-bond acceptors (Lipinski definition) is 6. The molecule has 0 saturated carbocycles. The van der Waals surface area contributed by atoms with Crippen LogP contribution in [0.5, 0.6) is 5.75 Å². The molecule has 1 saturated heterocycles. The van der Waals surface area contributed by atoms with Crippen molar-refractivity contribution in [1.29, 1.82) is 0 Å². The quantitative estimate of drug-likeness (QED) is 0.724. The van der Waals surface area contributed by atoms with Gasteiger partial charge in [0.25, 0.3) is 0 Å². The molecule has 1 aromatic heterocycles. The first kappa shape index (κ1) is 19.9. The van der Waals surface area contributed by atoms with Crippen LogP contribution in [0.1, 0.15) is 32.6 Å². The standard InChI is InChI=1S/C20H26N4O4/c1-4-24(14(2)25)15-11-12-23(13-15)19(26)10-9-18-21-20(22-28-18)16-7-5-6-8-17(16)27-3/h5-8,15H,4,9-13H2,1-3H3. The summed E-state index contributed by atoms with van der Waals surface area (Å²) in [6.07, 6.45) is 1.50. The molecule has 8 heteroatoms. The Bertz CT molecular complexity index is 835. The monoisotopic (exact) mass is 386 g/mol. The number of methoxy groups -OCH3 is 1. The molecule has 0 N–H and O–H groups in total. The summed E-state index contributed by atoms with van der Waals surface area (Å²) in [4.78, 5) is 32.3. The zero-order valence-electron chi connectivity index (χ0n) is 16.6. The van der Waals surface area contributed by atoms with E-state index in [9.17, 15) is 9.59 Å². The Morgan fingerprint density at radius 2 is 2.14 bits per heavy atom. The topological polar surface area (TPSA) is 88.8 Å². The van der Waals surface area contributed by atoms with Crippen molar-refractivity contribution in [1.82, 2.24) is 19.9 Å². The molecule has 2 amide bonds. The summed E-state index contributed by atoms with van der Waals surface area (Å²) < 4.78 is 10.6. The molecule has 3 rings (SSSR count). The van der Waals surface area contributed by atoms with E-state index in [-0.39, 0.29) is 17.9 Å². The van der Waals surface area contributed by atoms with Gasteiger partial charge in [-0.3, -0.25) is 9.59 Å². The van der Waals surface area contributed by atoms with Gasteiger partial charge in [0.2, 0.25) is 23.5 Å². The number of nitrogens with zero attached hydrogens (tertiary/aromatic N) is 4. The molecule has 2 heterocycles. The van der Waals surface area contributed by atoms with Crippen LogP contribution in [0.3, 0.4) is 0 Å². The fourth-order valence-electron chi connectivity index (χ4n) is 3.63. The van der Waals surface area contributed by atoms with Gasteiger partial charge in [-0.2, -0.15) is 4.98 Å². The average Bonchev–Trinajstić information content (AvgIpc) is 3.36. The van der Waals surface area contributed by atoms with E-state index >= 15 is 0 Å². The minimum atomic E-state index is 0.0409. The summed E-state index contributed by atoms with van der Waals surface area (Å²) >= 11 is 0. The van der Waals surface area contributed by atoms with Gasteiger partial charge in [-0.15, -0.1) is 0 Å². The average molecular weight is 386 g/mol. The van der Waals surface area contributed by atoms with E-state index in [2.05, 4.69) is 10.1 Å². The molecule has 8 nitrogen and oxygen atoms in total. The lowest BCUT2D eigenvalue weighted by Crippen LogP contribution is -2.41. The molecule has 2 aromatic rings. The van der Waals surface area contributed by atoms with E-state index in [1.165, 1.54) is 0 Å². The van der Waals surface area contributed by atoms with Crippen molar-refractivity contribution in [3.05, 3.63) is 30.2 Å². The second kappa shape index (κ2) is 8.86. The molecule has 0 bridgehead atoms. The number of benzene rings is 1. The van der Waals surface area contributed by atoms with Gasteiger partial charge in [-0.25, -0.2) is 0 Å². The number of carbonyl (C=O) groups is 2. The number of rotatable bonds is 7. The van der Waals surface area contributed by atoms with E-state index in [1.54, 1.807) is 14.0 Å². The van der Waals surface area contributed by atoms with Crippen LogP contribution in [0.4, 0.5) is 0 Å². The lowest BCUT2D eigenvalue weighted by atomic mass is 10.2. The molecule has 28 heavy (non-hydrogen) atoms. The molecule has 1 aliphatic heterocycles. The van der Waals surface area contributed by atoms with Crippen molar-refractivity contribution < 1.29 is 18.8 Å². The third-order valence-electron chi connectivity index (χ3n) is 5.07. The van der Waals surface area contributed by atoms with Crippen molar-refractivity contribution >= 4 is 11.8 Å². The number of likely N-dealkylation sites (tertiary alicyclic amines) is 1. The predicted molar refractivity (Wildman–Crippen MR) is 103 cm³/mol. The third kappa shape index (κ3) is 4.32. The molecule has 1 aliphatic rings. The maximum Gasteiger partial charge on any atom is 0.227 e. The highest BCUT2D eigenvalue weighted by atomic mass is 16.5. The molecule has 0 aliphatic carbocycles. The van der Waals surface area contributed by atoms with Gasteiger partial charge < -0.3 is 19.1 Å². The largest absolute Gasteiger partial charge is 0.496 e.